The Morgan fingerprint density at radius 1 is 1.30 bits per heavy atom. The monoisotopic (exact) mass is 460 g/mol. The van der Waals surface area contributed by atoms with Crippen molar-refractivity contribution in [2.24, 2.45) is 4.99 Å². The van der Waals surface area contributed by atoms with Crippen molar-refractivity contribution in [2.75, 3.05) is 31.9 Å². The van der Waals surface area contributed by atoms with Crippen LogP contribution in [0.5, 0.6) is 0 Å². The van der Waals surface area contributed by atoms with Gasteiger partial charge >= 0.3 is 0 Å². The van der Waals surface area contributed by atoms with E-state index in [-0.39, 0.29) is 29.7 Å². The molecule has 0 bridgehead atoms. The minimum atomic E-state index is -3.01. The smallest absolute Gasteiger partial charge is 0.214 e. The van der Waals surface area contributed by atoms with E-state index < -0.39 is 10.0 Å². The predicted octanol–water partition coefficient (Wildman–Crippen LogP) is 2.16. The van der Waals surface area contributed by atoms with Crippen molar-refractivity contribution in [3.8, 4) is 0 Å². The molecule has 1 fully saturated rings. The number of nitrogens with zero attached hydrogens (tertiary/aromatic N) is 2. The normalized spacial score (nSPS) is 19.2. The van der Waals surface area contributed by atoms with E-state index in [2.05, 4.69) is 29.5 Å². The lowest BCUT2D eigenvalue weighted by Gasteiger charge is -2.18. The minimum Gasteiger partial charge on any atom is -0.357 e. The molecule has 0 aromatic heterocycles. The maximum atomic E-state index is 11.7. The van der Waals surface area contributed by atoms with Gasteiger partial charge in [0.2, 0.25) is 10.0 Å². The molecule has 0 saturated carbocycles. The molecule has 0 spiro atoms. The Hall–Kier alpha value is -0.0900. The van der Waals surface area contributed by atoms with Crippen molar-refractivity contribution >= 4 is 40.0 Å². The topological polar surface area (TPSA) is 73.8 Å². The van der Waals surface area contributed by atoms with Crippen molar-refractivity contribution in [1.82, 2.24) is 14.9 Å². The Morgan fingerprint density at radius 2 is 2.04 bits per heavy atom. The molecule has 1 aliphatic rings. The Bertz CT molecular complexity index is 443. The summed E-state index contributed by atoms with van der Waals surface area (Å²) in [6.07, 6.45) is 5.56. The van der Waals surface area contributed by atoms with Crippen LogP contribution in [0.4, 0.5) is 0 Å². The van der Waals surface area contributed by atoms with E-state index in [4.69, 9.17) is 0 Å². The molecule has 1 saturated heterocycles. The second-order valence-electron chi connectivity index (χ2n) is 5.87. The number of aliphatic imine (C=N–C) groups is 1. The van der Waals surface area contributed by atoms with Gasteiger partial charge in [-0.25, -0.2) is 12.7 Å². The molecule has 138 valence electrons. The summed E-state index contributed by atoms with van der Waals surface area (Å²) in [5, 5.41) is 6.61. The van der Waals surface area contributed by atoms with Crippen LogP contribution in [0, 0.1) is 0 Å². The maximum Gasteiger partial charge on any atom is 0.214 e. The number of sulfonamides is 1. The van der Waals surface area contributed by atoms with Crippen LogP contribution >= 0.6 is 24.0 Å². The van der Waals surface area contributed by atoms with Crippen molar-refractivity contribution < 1.29 is 8.42 Å². The molecular weight excluding hydrogens is 427 g/mol. The van der Waals surface area contributed by atoms with E-state index in [0.29, 0.717) is 25.7 Å². The van der Waals surface area contributed by atoms with E-state index >= 15 is 0 Å². The fourth-order valence-electron chi connectivity index (χ4n) is 2.54. The van der Waals surface area contributed by atoms with Crippen LogP contribution in [-0.2, 0) is 10.0 Å². The Kier molecular flexibility index (Phi) is 12.2. The molecule has 1 aliphatic heterocycles. The summed E-state index contributed by atoms with van der Waals surface area (Å²) >= 11 is 0. The molecule has 0 aromatic carbocycles. The standard InChI is InChI=1S/C15H32N4O2S.HI/c1-4-6-7-9-14(3)18-15(16-5-2)17-10-12-19-11-8-13-22(19,20)21;/h14H,4-13H2,1-3H3,(H2,16,17,18);1H. The zero-order valence-electron chi connectivity index (χ0n) is 14.7. The van der Waals surface area contributed by atoms with E-state index in [9.17, 15) is 8.42 Å². The highest BCUT2D eigenvalue weighted by Gasteiger charge is 2.27. The molecule has 1 rings (SSSR count). The van der Waals surface area contributed by atoms with Crippen LogP contribution in [0.15, 0.2) is 4.99 Å². The summed E-state index contributed by atoms with van der Waals surface area (Å²) in [5.74, 6) is 1.06. The largest absolute Gasteiger partial charge is 0.357 e. The average molecular weight is 460 g/mol. The van der Waals surface area contributed by atoms with Crippen LogP contribution in [0.2, 0.25) is 0 Å². The van der Waals surface area contributed by atoms with Crippen LogP contribution in [0.25, 0.3) is 0 Å². The van der Waals surface area contributed by atoms with Gasteiger partial charge in [-0.3, -0.25) is 4.99 Å². The second-order valence-corrected chi connectivity index (χ2v) is 7.96. The summed E-state index contributed by atoms with van der Waals surface area (Å²) in [7, 11) is -3.01. The van der Waals surface area contributed by atoms with Crippen LogP contribution in [0.3, 0.4) is 0 Å². The van der Waals surface area contributed by atoms with Gasteiger partial charge < -0.3 is 10.6 Å². The third kappa shape index (κ3) is 9.09. The van der Waals surface area contributed by atoms with Crippen molar-refractivity contribution in [3.63, 3.8) is 0 Å². The predicted molar refractivity (Wildman–Crippen MR) is 108 cm³/mol. The Labute approximate surface area is 159 Å². The van der Waals surface area contributed by atoms with Gasteiger partial charge in [0, 0.05) is 25.7 Å². The third-order valence-corrected chi connectivity index (χ3v) is 5.75. The molecule has 0 radical (unpaired) electrons. The highest BCUT2D eigenvalue weighted by molar-refractivity contribution is 14.0. The van der Waals surface area contributed by atoms with Gasteiger partial charge in [0.15, 0.2) is 5.96 Å². The average Bonchev–Trinajstić information content (AvgIpc) is 2.78. The maximum absolute atomic E-state index is 11.7. The molecule has 6 nitrogen and oxygen atoms in total. The molecule has 0 amide bonds. The summed E-state index contributed by atoms with van der Waals surface area (Å²) in [6, 6.07) is 0.375. The van der Waals surface area contributed by atoms with E-state index in [1.54, 1.807) is 4.31 Å². The lowest BCUT2D eigenvalue weighted by molar-refractivity contribution is 0.451. The van der Waals surface area contributed by atoms with Crippen LogP contribution in [0.1, 0.15) is 52.9 Å². The van der Waals surface area contributed by atoms with Gasteiger partial charge in [-0.2, -0.15) is 0 Å². The zero-order chi connectivity index (χ0) is 16.4. The number of halogens is 1. The first kappa shape index (κ1) is 22.9. The summed E-state index contributed by atoms with van der Waals surface area (Å²) in [6.45, 7) is 8.80. The van der Waals surface area contributed by atoms with E-state index in [1.165, 1.54) is 19.3 Å². The van der Waals surface area contributed by atoms with Gasteiger partial charge in [-0.05, 0) is 26.7 Å². The summed E-state index contributed by atoms with van der Waals surface area (Å²) in [5.41, 5.74) is 0. The van der Waals surface area contributed by atoms with Crippen molar-refractivity contribution in [1.29, 1.82) is 0 Å². The number of hydrogen-bond donors (Lipinski definition) is 2. The highest BCUT2D eigenvalue weighted by atomic mass is 127. The number of nitrogens with one attached hydrogen (secondary N) is 2. The zero-order valence-corrected chi connectivity index (χ0v) is 17.8. The molecule has 23 heavy (non-hydrogen) atoms. The summed E-state index contributed by atoms with van der Waals surface area (Å²) < 4.78 is 25.0. The molecule has 2 N–H and O–H groups in total. The molecule has 1 heterocycles. The molecule has 8 heteroatoms. The van der Waals surface area contributed by atoms with Gasteiger partial charge in [0.25, 0.3) is 0 Å². The highest BCUT2D eigenvalue weighted by Crippen LogP contribution is 2.12. The van der Waals surface area contributed by atoms with Crippen LogP contribution in [-0.4, -0.2) is 56.7 Å². The Balaban J connectivity index is 0.00000484. The van der Waals surface area contributed by atoms with Crippen LogP contribution < -0.4 is 10.6 Å². The lowest BCUT2D eigenvalue weighted by Crippen LogP contribution is -2.42. The molecule has 0 aliphatic carbocycles. The second kappa shape index (κ2) is 12.3. The van der Waals surface area contributed by atoms with E-state index in [0.717, 1.165) is 25.3 Å². The first-order valence-corrected chi connectivity index (χ1v) is 10.1. The fraction of sp³-hybridized carbons (Fsp3) is 0.933. The fourth-order valence-corrected chi connectivity index (χ4v) is 4.06. The molecule has 0 aromatic rings. The van der Waals surface area contributed by atoms with Gasteiger partial charge in [0.05, 0.1) is 12.3 Å². The summed E-state index contributed by atoms with van der Waals surface area (Å²) in [4.78, 5) is 4.50. The van der Waals surface area contributed by atoms with Gasteiger partial charge in [0.1, 0.15) is 0 Å². The molecular formula is C15H33IN4O2S. The first-order valence-electron chi connectivity index (χ1n) is 8.52. The van der Waals surface area contributed by atoms with Gasteiger partial charge in [-0.15, -0.1) is 24.0 Å². The van der Waals surface area contributed by atoms with Gasteiger partial charge in [-0.1, -0.05) is 26.2 Å². The SMILES string of the molecule is CCCCCC(C)NC(=NCCN1CCCS1(=O)=O)NCC.I. The lowest BCUT2D eigenvalue weighted by atomic mass is 10.1. The number of rotatable bonds is 9. The quantitative estimate of drug-likeness (QED) is 0.240. The Morgan fingerprint density at radius 3 is 2.61 bits per heavy atom. The first-order chi connectivity index (χ1) is 10.5. The number of guanidine groups is 1. The van der Waals surface area contributed by atoms with Crippen molar-refractivity contribution in [2.45, 2.75) is 58.9 Å². The van der Waals surface area contributed by atoms with E-state index in [1.807, 2.05) is 6.92 Å². The molecule has 1 unspecified atom stereocenters. The van der Waals surface area contributed by atoms with Crippen molar-refractivity contribution in [3.05, 3.63) is 0 Å². The minimum absolute atomic E-state index is 0. The molecule has 1 atom stereocenters. The number of hydrogen-bond acceptors (Lipinski definition) is 3. The number of unbranched alkanes of at least 4 members (excludes halogenated alkanes) is 2. The third-order valence-electron chi connectivity index (χ3n) is 3.79.